The minimum absolute atomic E-state index is 0.611. The van der Waals surface area contributed by atoms with Crippen LogP contribution in [0.4, 0.5) is 0 Å². The highest BCUT2D eigenvalue weighted by Gasteiger charge is 2.41. The van der Waals surface area contributed by atoms with Gasteiger partial charge in [-0.25, -0.2) is 15.0 Å². The molecule has 0 aliphatic rings. The van der Waals surface area contributed by atoms with Gasteiger partial charge in [0, 0.05) is 33.0 Å². The largest absolute Gasteiger partial charge is 0.309 e. The van der Waals surface area contributed by atoms with Crippen molar-refractivity contribution in [2.45, 2.75) is 13.8 Å². The van der Waals surface area contributed by atoms with Gasteiger partial charge in [-0.05, 0) is 70.5 Å². The van der Waals surface area contributed by atoms with Crippen LogP contribution >= 0.6 is 0 Å². The first kappa shape index (κ1) is 38.9. The molecule has 5 heteroatoms. The topological polar surface area (TPSA) is 43.6 Å². The van der Waals surface area contributed by atoms with Crippen LogP contribution in [0.25, 0.3) is 72.8 Å². The summed E-state index contributed by atoms with van der Waals surface area (Å²) in [5.41, 5.74) is 10.7. The minimum Gasteiger partial charge on any atom is -0.309 e. The van der Waals surface area contributed by atoms with Crippen molar-refractivity contribution in [3.05, 3.63) is 242 Å². The fraction of sp³-hybridized carbons (Fsp3) is 0.0339. The van der Waals surface area contributed by atoms with E-state index in [4.69, 9.17) is 15.0 Å². The van der Waals surface area contributed by atoms with E-state index < -0.39 is 8.07 Å². The summed E-state index contributed by atoms with van der Waals surface area (Å²) in [6.07, 6.45) is 0. The summed E-state index contributed by atoms with van der Waals surface area (Å²) in [7, 11) is -2.90. The fourth-order valence-corrected chi connectivity index (χ4v) is 14.4. The summed E-state index contributed by atoms with van der Waals surface area (Å²) >= 11 is 0. The lowest BCUT2D eigenvalue weighted by Gasteiger charge is -2.34. The highest BCUT2D eigenvalue weighted by molar-refractivity contribution is 7.19. The Morgan fingerprint density at radius 1 is 0.344 bits per heavy atom. The second-order valence-corrected chi connectivity index (χ2v) is 20.4. The molecule has 2 heterocycles. The van der Waals surface area contributed by atoms with E-state index in [2.05, 4.69) is 213 Å². The first-order valence-corrected chi connectivity index (χ1v) is 23.9. The maximum Gasteiger partial charge on any atom is 0.179 e. The van der Waals surface area contributed by atoms with Crippen LogP contribution in [0.5, 0.6) is 0 Å². The molecule has 304 valence electrons. The van der Waals surface area contributed by atoms with Gasteiger partial charge in [0.1, 0.15) is 0 Å². The molecule has 64 heavy (non-hydrogen) atoms. The maximum atomic E-state index is 5.35. The van der Waals surface area contributed by atoms with Crippen LogP contribution < -0.4 is 20.7 Å². The molecule has 11 aromatic rings. The lowest BCUT2D eigenvalue weighted by Crippen LogP contribution is -2.74. The summed E-state index contributed by atoms with van der Waals surface area (Å²) < 4.78 is 2.45. The summed E-state index contributed by atoms with van der Waals surface area (Å²) in [5, 5.41) is 7.71. The zero-order chi connectivity index (χ0) is 43.0. The molecule has 0 radical (unpaired) electrons. The van der Waals surface area contributed by atoms with Crippen molar-refractivity contribution in [2.75, 3.05) is 0 Å². The number of aromatic nitrogens is 4. The Kier molecular flexibility index (Phi) is 9.95. The molecule has 4 nitrogen and oxygen atoms in total. The second kappa shape index (κ2) is 16.4. The number of nitrogens with zero attached hydrogens (tertiary/aromatic N) is 4. The van der Waals surface area contributed by atoms with Gasteiger partial charge in [0.15, 0.2) is 25.5 Å². The van der Waals surface area contributed by atoms with Crippen molar-refractivity contribution in [1.29, 1.82) is 0 Å². The van der Waals surface area contributed by atoms with Gasteiger partial charge in [-0.2, -0.15) is 0 Å². The molecule has 0 saturated heterocycles. The van der Waals surface area contributed by atoms with Crippen LogP contribution in [0.1, 0.15) is 11.1 Å². The quantitative estimate of drug-likeness (QED) is 0.107. The molecule has 0 fully saturated rings. The van der Waals surface area contributed by atoms with Crippen LogP contribution in [0.3, 0.4) is 0 Å². The predicted octanol–water partition coefficient (Wildman–Crippen LogP) is 11.6. The third-order valence-electron chi connectivity index (χ3n) is 12.5. The summed E-state index contributed by atoms with van der Waals surface area (Å²) in [4.78, 5) is 15.8. The number of rotatable bonds is 9. The van der Waals surface area contributed by atoms with Crippen LogP contribution in [0.2, 0.25) is 0 Å². The molecule has 11 rings (SSSR count). The third kappa shape index (κ3) is 6.74. The average molecular weight is 837 g/mol. The first-order valence-electron chi connectivity index (χ1n) is 21.9. The molecule has 0 aliphatic heterocycles. The molecule has 9 aromatic carbocycles. The van der Waals surface area contributed by atoms with E-state index >= 15 is 0 Å². The Morgan fingerprint density at radius 2 is 0.750 bits per heavy atom. The van der Waals surface area contributed by atoms with Crippen LogP contribution in [0.15, 0.2) is 231 Å². The number of hydrogen-bond acceptors (Lipinski definition) is 3. The van der Waals surface area contributed by atoms with Crippen molar-refractivity contribution in [3.63, 3.8) is 0 Å². The van der Waals surface area contributed by atoms with Crippen molar-refractivity contribution in [3.8, 4) is 51.0 Å². The molecule has 0 aliphatic carbocycles. The van der Waals surface area contributed by atoms with Gasteiger partial charge in [0.05, 0.1) is 16.7 Å². The number of fused-ring (bicyclic) bond motifs is 3. The molecule has 2 aromatic heterocycles. The summed E-state index contributed by atoms with van der Waals surface area (Å²) in [5.74, 6) is 1.86. The smallest absolute Gasteiger partial charge is 0.179 e. The van der Waals surface area contributed by atoms with E-state index in [9.17, 15) is 0 Å². The molecular weight excluding hydrogens is 793 g/mol. The van der Waals surface area contributed by atoms with Gasteiger partial charge in [-0.1, -0.05) is 211 Å². The van der Waals surface area contributed by atoms with E-state index in [-0.39, 0.29) is 0 Å². The van der Waals surface area contributed by atoms with Gasteiger partial charge in [-0.3, -0.25) is 0 Å². The van der Waals surface area contributed by atoms with Crippen molar-refractivity contribution in [1.82, 2.24) is 19.5 Å². The highest BCUT2D eigenvalue weighted by Crippen LogP contribution is 2.41. The Labute approximate surface area is 374 Å². The Bertz CT molecular complexity index is 3230. The van der Waals surface area contributed by atoms with Gasteiger partial charge in [0.25, 0.3) is 0 Å². The van der Waals surface area contributed by atoms with Crippen molar-refractivity contribution in [2.24, 2.45) is 0 Å². The van der Waals surface area contributed by atoms with Crippen molar-refractivity contribution < 1.29 is 0 Å². The van der Waals surface area contributed by atoms with Gasteiger partial charge < -0.3 is 4.57 Å². The molecule has 0 N–H and O–H groups in total. The van der Waals surface area contributed by atoms with Crippen molar-refractivity contribution >= 4 is 50.6 Å². The van der Waals surface area contributed by atoms with E-state index in [0.717, 1.165) is 44.5 Å². The van der Waals surface area contributed by atoms with Crippen LogP contribution in [0, 0.1) is 13.8 Å². The standard InChI is InChI=1S/C59H44N4Si/c1-41-34-36-53-51(38-41)52-39-42(2)35-37-54(52)63(53)55-33-19-32-50(59-61-57(43-20-8-3-9-21-43)60-58(62-59)44-22-10-4-11-23-44)56(55)45-24-18-31-49(40-45)64(46-25-12-5-13-26-46,47-27-14-6-15-28-47)48-29-16-7-17-30-48/h3-40H,1-2H3. The molecule has 0 atom stereocenters. The summed E-state index contributed by atoms with van der Waals surface area (Å²) in [6.45, 7) is 4.35. The van der Waals surface area contributed by atoms with Crippen LogP contribution in [-0.4, -0.2) is 27.6 Å². The molecule has 0 bridgehead atoms. The van der Waals surface area contributed by atoms with E-state index in [0.29, 0.717) is 17.5 Å². The summed E-state index contributed by atoms with van der Waals surface area (Å²) in [6, 6.07) is 83.4. The molecule has 0 unspecified atom stereocenters. The Morgan fingerprint density at radius 3 is 1.23 bits per heavy atom. The molecule has 0 amide bonds. The Hall–Kier alpha value is -7.99. The fourth-order valence-electron chi connectivity index (χ4n) is 9.63. The van der Waals surface area contributed by atoms with Gasteiger partial charge >= 0.3 is 0 Å². The number of hydrogen-bond donors (Lipinski definition) is 0. The maximum absolute atomic E-state index is 5.35. The molecule has 0 saturated carbocycles. The van der Waals surface area contributed by atoms with Gasteiger partial charge in [0.2, 0.25) is 0 Å². The molecule has 0 spiro atoms. The minimum atomic E-state index is -2.90. The second-order valence-electron chi connectivity index (χ2n) is 16.5. The zero-order valence-electron chi connectivity index (χ0n) is 35.7. The molecular formula is C59H44N4Si. The first-order chi connectivity index (χ1) is 31.6. The lowest BCUT2D eigenvalue weighted by atomic mass is 9.96. The highest BCUT2D eigenvalue weighted by atomic mass is 28.3. The lowest BCUT2D eigenvalue weighted by molar-refractivity contribution is 1.07. The Balaban J connectivity index is 1.26. The number of benzene rings is 9. The normalized spacial score (nSPS) is 11.6. The SMILES string of the molecule is Cc1ccc2c(c1)c1cc(C)ccc1n2-c1cccc(-c2nc(-c3ccccc3)nc(-c3ccccc3)n2)c1-c1cccc([Si](c2ccccc2)(c2ccccc2)c2ccccc2)c1. The zero-order valence-corrected chi connectivity index (χ0v) is 36.7. The van der Waals surface area contributed by atoms with E-state index in [1.807, 2.05) is 36.4 Å². The average Bonchev–Trinajstić information content (AvgIpc) is 3.67. The number of aryl methyl sites for hydroxylation is 2. The third-order valence-corrected chi connectivity index (χ3v) is 17.3. The van der Waals surface area contributed by atoms with Gasteiger partial charge in [-0.15, -0.1) is 0 Å². The van der Waals surface area contributed by atoms with Crippen LogP contribution in [-0.2, 0) is 0 Å². The van der Waals surface area contributed by atoms with E-state index in [1.165, 1.54) is 42.6 Å². The predicted molar refractivity (Wildman–Crippen MR) is 269 cm³/mol. The monoisotopic (exact) mass is 836 g/mol. The van der Waals surface area contributed by atoms with E-state index in [1.54, 1.807) is 0 Å².